The Morgan fingerprint density at radius 3 is 2.12 bits per heavy atom. The van der Waals surface area contributed by atoms with E-state index in [-0.39, 0.29) is 16.4 Å². The second kappa shape index (κ2) is 7.09. The van der Waals surface area contributed by atoms with Crippen LogP contribution in [0.15, 0.2) is 17.0 Å². The summed E-state index contributed by atoms with van der Waals surface area (Å²) in [6.07, 6.45) is 2.42. The van der Waals surface area contributed by atoms with Gasteiger partial charge in [0.05, 0.1) is 5.69 Å². The zero-order valence-corrected chi connectivity index (χ0v) is 16.2. The Kier molecular flexibility index (Phi) is 5.49. The molecule has 7 heteroatoms. The monoisotopic (exact) mass is 363 g/mol. The largest absolute Gasteiger partial charge is 0.326 e. The fourth-order valence-corrected chi connectivity index (χ4v) is 4.41. The molecular formula is C18H25N3O3S. The molecule has 2 N–H and O–H groups in total. The fraction of sp³-hybridized carbons (Fsp3) is 0.444. The smallest absolute Gasteiger partial charge is 0.212 e. The minimum absolute atomic E-state index is 0.00649. The normalized spacial score (nSPS) is 11.8. The summed E-state index contributed by atoms with van der Waals surface area (Å²) in [5, 5.41) is 4.17. The maximum Gasteiger partial charge on any atom is 0.212 e. The number of aromatic nitrogens is 2. The van der Waals surface area contributed by atoms with E-state index in [4.69, 9.17) is 5.73 Å². The van der Waals surface area contributed by atoms with Crippen LogP contribution in [0.4, 0.5) is 0 Å². The quantitative estimate of drug-likeness (QED) is 0.792. The predicted octanol–water partition coefficient (Wildman–Crippen LogP) is 1.95. The Hall–Kier alpha value is -1.99. The number of sulfone groups is 1. The number of aryl methyl sites for hydroxylation is 4. The molecule has 25 heavy (non-hydrogen) atoms. The third kappa shape index (κ3) is 3.52. The van der Waals surface area contributed by atoms with Crippen molar-refractivity contribution in [1.29, 1.82) is 0 Å². The second-order valence-electron chi connectivity index (χ2n) is 6.19. The number of benzene rings is 1. The van der Waals surface area contributed by atoms with Crippen LogP contribution in [-0.2, 0) is 36.3 Å². The first-order valence-corrected chi connectivity index (χ1v) is 10.2. The molecule has 0 bridgehead atoms. The van der Waals surface area contributed by atoms with E-state index >= 15 is 0 Å². The van der Waals surface area contributed by atoms with Gasteiger partial charge in [-0.3, -0.25) is 9.48 Å². The topological polar surface area (TPSA) is 95.1 Å². The molecule has 0 unspecified atom stereocenters. The van der Waals surface area contributed by atoms with Crippen LogP contribution in [0.3, 0.4) is 0 Å². The molecule has 0 atom stereocenters. The molecule has 2 rings (SSSR count). The van der Waals surface area contributed by atoms with E-state index in [9.17, 15) is 13.2 Å². The highest BCUT2D eigenvalue weighted by Crippen LogP contribution is 2.27. The van der Waals surface area contributed by atoms with Crippen LogP contribution in [0.1, 0.15) is 52.3 Å². The first kappa shape index (κ1) is 19.3. The third-order valence-corrected chi connectivity index (χ3v) is 5.57. The maximum absolute atomic E-state index is 13.4. The summed E-state index contributed by atoms with van der Waals surface area (Å²) in [7, 11) is -1.97. The number of nitrogens with zero attached hydrogens (tertiary/aromatic N) is 2. The van der Waals surface area contributed by atoms with E-state index in [0.29, 0.717) is 30.6 Å². The number of nitrogens with two attached hydrogens (primary N) is 1. The Morgan fingerprint density at radius 2 is 1.72 bits per heavy atom. The molecule has 0 fully saturated rings. The van der Waals surface area contributed by atoms with Crippen LogP contribution in [0.25, 0.3) is 0 Å². The lowest BCUT2D eigenvalue weighted by molar-refractivity contribution is 0.102. The zero-order valence-electron chi connectivity index (χ0n) is 15.4. The molecule has 1 heterocycles. The number of carbonyl (C=O) groups excluding carboxylic acids is 1. The van der Waals surface area contributed by atoms with Crippen molar-refractivity contribution in [3.63, 3.8) is 0 Å². The lowest BCUT2D eigenvalue weighted by atomic mass is 9.90. The van der Waals surface area contributed by atoms with Crippen molar-refractivity contribution >= 4 is 15.6 Å². The van der Waals surface area contributed by atoms with Gasteiger partial charge in [-0.25, -0.2) is 8.42 Å². The van der Waals surface area contributed by atoms with Gasteiger partial charge in [0.1, 0.15) is 10.6 Å². The Bertz CT molecular complexity index is 902. The average molecular weight is 363 g/mol. The van der Waals surface area contributed by atoms with Crippen LogP contribution in [0, 0.1) is 6.92 Å². The van der Waals surface area contributed by atoms with Gasteiger partial charge in [-0.2, -0.15) is 5.10 Å². The summed E-state index contributed by atoms with van der Waals surface area (Å²) in [6.45, 7) is 5.94. The summed E-state index contributed by atoms with van der Waals surface area (Å²) in [4.78, 5) is 13.4. The molecule has 0 radical (unpaired) electrons. The van der Waals surface area contributed by atoms with E-state index in [0.717, 1.165) is 22.9 Å². The molecule has 1 aromatic heterocycles. The zero-order chi connectivity index (χ0) is 18.9. The second-order valence-corrected chi connectivity index (χ2v) is 8.14. The summed E-state index contributed by atoms with van der Waals surface area (Å²) in [6, 6.07) is 3.85. The minimum Gasteiger partial charge on any atom is -0.326 e. The standard InChI is InChI=1S/C18H25N3O3S/c1-6-13-8-12(10-19)9-14(7-2)15(13)17(22)16-18(25(5,23)24)11(3)20-21(16)4/h8-9H,6-7,10,19H2,1-5H3. The predicted molar refractivity (Wildman–Crippen MR) is 97.6 cm³/mol. The van der Waals surface area contributed by atoms with E-state index in [2.05, 4.69) is 5.10 Å². The van der Waals surface area contributed by atoms with Gasteiger partial charge in [0.15, 0.2) is 9.84 Å². The van der Waals surface area contributed by atoms with E-state index in [1.807, 2.05) is 26.0 Å². The summed E-state index contributed by atoms with van der Waals surface area (Å²) in [5.41, 5.74) is 9.50. The molecule has 0 aliphatic heterocycles. The SMILES string of the molecule is CCc1cc(CN)cc(CC)c1C(=O)c1c(S(C)(=O)=O)c(C)nn1C. The van der Waals surface area contributed by atoms with Gasteiger partial charge >= 0.3 is 0 Å². The van der Waals surface area contributed by atoms with Gasteiger partial charge in [0.25, 0.3) is 0 Å². The van der Waals surface area contributed by atoms with E-state index in [1.165, 1.54) is 4.68 Å². The average Bonchev–Trinajstić information content (AvgIpc) is 2.86. The van der Waals surface area contributed by atoms with Crippen molar-refractivity contribution in [3.8, 4) is 0 Å². The number of ketones is 1. The van der Waals surface area contributed by atoms with Crippen molar-refractivity contribution in [2.45, 2.75) is 45.1 Å². The highest BCUT2D eigenvalue weighted by atomic mass is 32.2. The molecule has 136 valence electrons. The van der Waals surface area contributed by atoms with Gasteiger partial charge in [0.2, 0.25) is 5.78 Å². The molecule has 0 aliphatic rings. The van der Waals surface area contributed by atoms with Crippen molar-refractivity contribution in [2.75, 3.05) is 6.26 Å². The van der Waals surface area contributed by atoms with Crippen molar-refractivity contribution < 1.29 is 13.2 Å². The van der Waals surface area contributed by atoms with Crippen LogP contribution >= 0.6 is 0 Å². The molecule has 0 saturated heterocycles. The molecule has 6 nitrogen and oxygen atoms in total. The molecule has 2 aromatic rings. The van der Waals surface area contributed by atoms with Crippen LogP contribution in [-0.4, -0.2) is 30.2 Å². The van der Waals surface area contributed by atoms with Crippen LogP contribution < -0.4 is 5.73 Å². The Labute approximate surface area is 149 Å². The molecule has 0 amide bonds. The highest BCUT2D eigenvalue weighted by molar-refractivity contribution is 7.90. The van der Waals surface area contributed by atoms with Crippen LogP contribution in [0.2, 0.25) is 0 Å². The van der Waals surface area contributed by atoms with Gasteiger partial charge < -0.3 is 5.73 Å². The van der Waals surface area contributed by atoms with Crippen LogP contribution in [0.5, 0.6) is 0 Å². The van der Waals surface area contributed by atoms with E-state index in [1.54, 1.807) is 14.0 Å². The Morgan fingerprint density at radius 1 is 1.20 bits per heavy atom. The summed E-state index contributed by atoms with van der Waals surface area (Å²) in [5.74, 6) is -0.305. The highest BCUT2D eigenvalue weighted by Gasteiger charge is 2.29. The van der Waals surface area contributed by atoms with Crippen molar-refractivity contribution in [3.05, 3.63) is 45.8 Å². The lowest BCUT2D eigenvalue weighted by Crippen LogP contribution is -2.17. The molecule has 0 aliphatic carbocycles. The van der Waals surface area contributed by atoms with Gasteiger partial charge in [0, 0.05) is 25.4 Å². The van der Waals surface area contributed by atoms with Gasteiger partial charge in [-0.15, -0.1) is 0 Å². The number of hydrogen-bond acceptors (Lipinski definition) is 5. The van der Waals surface area contributed by atoms with E-state index < -0.39 is 9.84 Å². The third-order valence-electron chi connectivity index (χ3n) is 4.34. The van der Waals surface area contributed by atoms with Crippen molar-refractivity contribution in [2.24, 2.45) is 12.8 Å². The van der Waals surface area contributed by atoms with Crippen molar-refractivity contribution in [1.82, 2.24) is 9.78 Å². The maximum atomic E-state index is 13.4. The minimum atomic E-state index is -3.57. The number of rotatable bonds is 6. The lowest BCUT2D eigenvalue weighted by Gasteiger charge is -2.15. The molecule has 1 aromatic carbocycles. The molecule has 0 spiro atoms. The number of hydrogen-bond donors (Lipinski definition) is 1. The first-order valence-electron chi connectivity index (χ1n) is 8.28. The summed E-state index contributed by atoms with van der Waals surface area (Å²) < 4.78 is 25.8. The molecule has 0 saturated carbocycles. The van der Waals surface area contributed by atoms with Gasteiger partial charge in [-0.1, -0.05) is 26.0 Å². The fourth-order valence-electron chi connectivity index (χ4n) is 3.26. The Balaban J connectivity index is 2.80. The summed E-state index contributed by atoms with van der Waals surface area (Å²) >= 11 is 0. The molecular weight excluding hydrogens is 338 g/mol. The first-order chi connectivity index (χ1) is 11.6. The van der Waals surface area contributed by atoms with Gasteiger partial charge in [-0.05, 0) is 36.5 Å². The number of carbonyl (C=O) groups is 1.